The van der Waals surface area contributed by atoms with Crippen molar-refractivity contribution in [3.8, 4) is 5.75 Å². The summed E-state index contributed by atoms with van der Waals surface area (Å²) in [6, 6.07) is 16.2. The molecule has 5 nitrogen and oxygen atoms in total. The Hall–Kier alpha value is -2.69. The van der Waals surface area contributed by atoms with Crippen LogP contribution in [0.4, 0.5) is 16.2 Å². The van der Waals surface area contributed by atoms with E-state index in [0.717, 1.165) is 18.8 Å². The molecule has 0 aromatic heterocycles. The average Bonchev–Trinajstić information content (AvgIpc) is 2.70. The zero-order chi connectivity index (χ0) is 19.2. The highest BCUT2D eigenvalue weighted by Gasteiger charge is 2.22. The average molecular weight is 367 g/mol. The summed E-state index contributed by atoms with van der Waals surface area (Å²) in [5.41, 5.74) is 3.29. The molecule has 0 spiro atoms. The van der Waals surface area contributed by atoms with Gasteiger partial charge in [-0.3, -0.25) is 0 Å². The van der Waals surface area contributed by atoms with Crippen molar-refractivity contribution < 1.29 is 9.53 Å². The molecule has 0 radical (unpaired) electrons. The number of nitrogens with zero attached hydrogens (tertiary/aromatic N) is 2. The van der Waals surface area contributed by atoms with Crippen LogP contribution in [0, 0.1) is 0 Å². The summed E-state index contributed by atoms with van der Waals surface area (Å²) in [7, 11) is 0. The van der Waals surface area contributed by atoms with Crippen molar-refractivity contribution in [2.24, 2.45) is 0 Å². The van der Waals surface area contributed by atoms with E-state index in [1.165, 1.54) is 11.3 Å². The minimum Gasteiger partial charge on any atom is -0.492 e. The Balaban J connectivity index is 1.56. The quantitative estimate of drug-likeness (QED) is 0.842. The molecule has 0 bridgehead atoms. The largest absolute Gasteiger partial charge is 0.492 e. The number of amides is 2. The van der Waals surface area contributed by atoms with Gasteiger partial charge in [0.1, 0.15) is 5.75 Å². The first-order valence-electron chi connectivity index (χ1n) is 9.71. The monoisotopic (exact) mass is 367 g/mol. The van der Waals surface area contributed by atoms with Crippen LogP contribution in [0.1, 0.15) is 32.3 Å². The molecule has 1 aliphatic heterocycles. The molecule has 5 heteroatoms. The number of benzene rings is 2. The Morgan fingerprint density at radius 3 is 2.33 bits per heavy atom. The second kappa shape index (κ2) is 8.80. The first-order valence-corrected chi connectivity index (χ1v) is 9.71. The van der Waals surface area contributed by atoms with E-state index in [4.69, 9.17) is 4.74 Å². The second-order valence-corrected chi connectivity index (χ2v) is 7.08. The zero-order valence-electron chi connectivity index (χ0n) is 16.4. The van der Waals surface area contributed by atoms with E-state index in [2.05, 4.69) is 48.3 Å². The number of hydrogen-bond donors (Lipinski definition) is 1. The lowest BCUT2D eigenvalue weighted by Gasteiger charge is -2.36. The lowest BCUT2D eigenvalue weighted by atomic mass is 10.0. The van der Waals surface area contributed by atoms with Gasteiger partial charge in [0.05, 0.1) is 12.3 Å². The highest BCUT2D eigenvalue weighted by atomic mass is 16.5. The predicted octanol–water partition coefficient (Wildman–Crippen LogP) is 4.56. The molecule has 2 amide bonds. The molecule has 1 aliphatic rings. The Morgan fingerprint density at radius 2 is 1.70 bits per heavy atom. The van der Waals surface area contributed by atoms with Crippen molar-refractivity contribution in [3.63, 3.8) is 0 Å². The van der Waals surface area contributed by atoms with Gasteiger partial charge in [0, 0.05) is 31.9 Å². The van der Waals surface area contributed by atoms with E-state index in [1.807, 2.05) is 36.1 Å². The van der Waals surface area contributed by atoms with Gasteiger partial charge in [-0.2, -0.15) is 0 Å². The number of carbonyl (C=O) groups is 1. The van der Waals surface area contributed by atoms with Gasteiger partial charge in [-0.25, -0.2) is 4.79 Å². The summed E-state index contributed by atoms with van der Waals surface area (Å²) < 4.78 is 5.58. The van der Waals surface area contributed by atoms with Crippen LogP contribution >= 0.6 is 0 Å². The van der Waals surface area contributed by atoms with Gasteiger partial charge in [-0.1, -0.05) is 38.1 Å². The van der Waals surface area contributed by atoms with E-state index < -0.39 is 0 Å². The number of hydrogen-bond acceptors (Lipinski definition) is 3. The van der Waals surface area contributed by atoms with Gasteiger partial charge in [-0.15, -0.1) is 0 Å². The van der Waals surface area contributed by atoms with Crippen molar-refractivity contribution in [3.05, 3.63) is 54.1 Å². The Bertz CT molecular complexity index is 750. The molecule has 1 fully saturated rings. The third-order valence-electron chi connectivity index (χ3n) is 4.92. The summed E-state index contributed by atoms with van der Waals surface area (Å²) >= 11 is 0. The van der Waals surface area contributed by atoms with Gasteiger partial charge in [-0.05, 0) is 42.7 Å². The second-order valence-electron chi connectivity index (χ2n) is 7.08. The zero-order valence-corrected chi connectivity index (χ0v) is 16.4. The normalized spacial score (nSPS) is 14.4. The molecule has 1 heterocycles. The first kappa shape index (κ1) is 19.1. The summed E-state index contributed by atoms with van der Waals surface area (Å²) in [4.78, 5) is 16.8. The molecule has 27 heavy (non-hydrogen) atoms. The minimum atomic E-state index is -0.0723. The molecule has 2 aromatic rings. The third kappa shape index (κ3) is 4.73. The van der Waals surface area contributed by atoms with Gasteiger partial charge < -0.3 is 19.9 Å². The number of nitrogens with one attached hydrogen (secondary N) is 1. The number of rotatable bonds is 5. The Labute approximate surface area is 161 Å². The molecule has 2 aromatic carbocycles. The lowest BCUT2D eigenvalue weighted by Crippen LogP contribution is -2.50. The number of para-hydroxylation sites is 2. The number of ether oxygens (including phenoxy) is 1. The van der Waals surface area contributed by atoms with Crippen molar-refractivity contribution in [1.29, 1.82) is 0 Å². The van der Waals surface area contributed by atoms with E-state index in [9.17, 15) is 4.79 Å². The van der Waals surface area contributed by atoms with Gasteiger partial charge in [0.15, 0.2) is 0 Å². The maximum absolute atomic E-state index is 12.6. The number of piperazine rings is 1. The molecule has 0 unspecified atom stereocenters. The molecule has 144 valence electrons. The molecule has 0 aliphatic carbocycles. The van der Waals surface area contributed by atoms with Crippen LogP contribution in [0.15, 0.2) is 48.5 Å². The third-order valence-corrected chi connectivity index (χ3v) is 4.92. The fraction of sp³-hybridized carbons (Fsp3) is 0.409. The van der Waals surface area contributed by atoms with Crippen LogP contribution in [0.5, 0.6) is 5.75 Å². The first-order chi connectivity index (χ1) is 13.1. The molecule has 0 saturated carbocycles. The van der Waals surface area contributed by atoms with Crippen LogP contribution in [0.25, 0.3) is 0 Å². The molecule has 1 saturated heterocycles. The SMILES string of the molecule is CCOc1ccccc1NC(=O)N1CCN(c2ccc(C(C)C)cc2)CC1. The van der Waals surface area contributed by atoms with E-state index in [-0.39, 0.29) is 6.03 Å². The molecule has 1 N–H and O–H groups in total. The van der Waals surface area contributed by atoms with Gasteiger partial charge in [0.2, 0.25) is 0 Å². The van der Waals surface area contributed by atoms with E-state index in [0.29, 0.717) is 31.4 Å². The maximum atomic E-state index is 12.6. The van der Waals surface area contributed by atoms with Crippen LogP contribution < -0.4 is 15.0 Å². The fourth-order valence-corrected chi connectivity index (χ4v) is 3.28. The van der Waals surface area contributed by atoms with Gasteiger partial charge in [0.25, 0.3) is 0 Å². The van der Waals surface area contributed by atoms with Crippen LogP contribution in [0.3, 0.4) is 0 Å². The Kier molecular flexibility index (Phi) is 6.22. The van der Waals surface area contributed by atoms with Crippen LogP contribution in [-0.2, 0) is 0 Å². The number of carbonyl (C=O) groups excluding carboxylic acids is 1. The maximum Gasteiger partial charge on any atom is 0.322 e. The lowest BCUT2D eigenvalue weighted by molar-refractivity contribution is 0.208. The summed E-state index contributed by atoms with van der Waals surface area (Å²) in [5.74, 6) is 1.25. The van der Waals surface area contributed by atoms with E-state index in [1.54, 1.807) is 0 Å². The minimum absolute atomic E-state index is 0.0723. The molecular weight excluding hydrogens is 338 g/mol. The molecule has 0 atom stereocenters. The predicted molar refractivity (Wildman–Crippen MR) is 111 cm³/mol. The summed E-state index contributed by atoms with van der Waals surface area (Å²) in [6.45, 7) is 9.99. The summed E-state index contributed by atoms with van der Waals surface area (Å²) in [6.07, 6.45) is 0. The van der Waals surface area contributed by atoms with Crippen molar-refractivity contribution in [1.82, 2.24) is 4.90 Å². The highest BCUT2D eigenvalue weighted by molar-refractivity contribution is 5.91. The van der Waals surface area contributed by atoms with E-state index >= 15 is 0 Å². The fourth-order valence-electron chi connectivity index (χ4n) is 3.28. The molecular formula is C22H29N3O2. The van der Waals surface area contributed by atoms with Crippen molar-refractivity contribution in [2.75, 3.05) is 43.0 Å². The molecule has 3 rings (SSSR count). The number of anilines is 2. The summed E-state index contributed by atoms with van der Waals surface area (Å²) in [5, 5.41) is 2.98. The van der Waals surface area contributed by atoms with Crippen LogP contribution in [-0.4, -0.2) is 43.7 Å². The smallest absolute Gasteiger partial charge is 0.322 e. The number of urea groups is 1. The topological polar surface area (TPSA) is 44.8 Å². The van der Waals surface area contributed by atoms with Crippen molar-refractivity contribution in [2.45, 2.75) is 26.7 Å². The van der Waals surface area contributed by atoms with Crippen LogP contribution in [0.2, 0.25) is 0 Å². The Morgan fingerprint density at radius 1 is 1.04 bits per heavy atom. The van der Waals surface area contributed by atoms with Crippen molar-refractivity contribution >= 4 is 17.4 Å². The van der Waals surface area contributed by atoms with Gasteiger partial charge >= 0.3 is 6.03 Å². The standard InChI is InChI=1S/C22H29N3O2/c1-4-27-21-8-6-5-7-20(21)23-22(26)25-15-13-24(14-16-25)19-11-9-18(10-12-19)17(2)3/h5-12,17H,4,13-16H2,1-3H3,(H,23,26). The highest BCUT2D eigenvalue weighted by Crippen LogP contribution is 2.25.